The molecule has 63 heavy (non-hydrogen) atoms. The Morgan fingerprint density at radius 2 is 1.63 bits per heavy atom. The average molecular weight is 865 g/mol. The van der Waals surface area contributed by atoms with Crippen LogP contribution in [0.3, 0.4) is 0 Å². The first-order valence-electron chi connectivity index (χ1n) is 21.4. The molecule has 0 aliphatic carbocycles. The summed E-state index contributed by atoms with van der Waals surface area (Å²) in [7, 11) is 5.68. The number of imidazole rings is 2. The van der Waals surface area contributed by atoms with E-state index in [0.29, 0.717) is 37.8 Å². The molecule has 5 aromatic rings. The Balaban J connectivity index is 1.05. The molecule has 2 fully saturated rings. The first-order valence-corrected chi connectivity index (χ1v) is 21.4. The lowest BCUT2D eigenvalue weighted by Gasteiger charge is -2.32. The van der Waals surface area contributed by atoms with Crippen LogP contribution in [-0.4, -0.2) is 120 Å². The maximum Gasteiger partial charge on any atom is 0.407 e. The van der Waals surface area contributed by atoms with Crippen LogP contribution >= 0.6 is 0 Å². The van der Waals surface area contributed by atoms with Crippen molar-refractivity contribution < 1.29 is 42.9 Å². The minimum atomic E-state index is -0.963. The Kier molecular flexibility index (Phi) is 12.3. The maximum atomic E-state index is 14.0. The third-order valence-electron chi connectivity index (χ3n) is 12.9. The Bertz CT molecular complexity index is 2540. The highest BCUT2D eigenvalue weighted by Gasteiger charge is 2.43. The van der Waals surface area contributed by atoms with Crippen LogP contribution in [0.2, 0.25) is 0 Å². The molecule has 8 rings (SSSR count). The summed E-state index contributed by atoms with van der Waals surface area (Å²) in [6.45, 7) is 8.82. The number of carbonyl (C=O) groups is 4. The van der Waals surface area contributed by atoms with Gasteiger partial charge in [0.05, 0.1) is 61.9 Å². The van der Waals surface area contributed by atoms with Crippen molar-refractivity contribution in [3.05, 3.63) is 65.9 Å². The van der Waals surface area contributed by atoms with E-state index >= 15 is 0 Å². The number of fused-ring (bicyclic) bond motifs is 6. The van der Waals surface area contributed by atoms with Crippen molar-refractivity contribution in [3.8, 4) is 28.1 Å². The van der Waals surface area contributed by atoms with E-state index in [9.17, 15) is 19.2 Å². The number of amides is 4. The summed E-state index contributed by atoms with van der Waals surface area (Å²) in [4.78, 5) is 72.9. The average Bonchev–Trinajstić information content (AvgIpc) is 4.11. The van der Waals surface area contributed by atoms with Crippen molar-refractivity contribution >= 4 is 45.8 Å². The molecule has 3 aromatic carbocycles. The number of alkyl carbamates (subject to hydrolysis) is 2. The van der Waals surface area contributed by atoms with Crippen molar-refractivity contribution in [2.45, 2.75) is 89.9 Å². The summed E-state index contributed by atoms with van der Waals surface area (Å²) in [5.74, 6) is 1.56. The topological polar surface area (TPSA) is 202 Å². The summed E-state index contributed by atoms with van der Waals surface area (Å²) in [6, 6.07) is 12.1. The predicted octanol–water partition coefficient (Wildman–Crippen LogP) is 6.39. The molecule has 4 amide bonds. The van der Waals surface area contributed by atoms with Crippen LogP contribution in [0.5, 0.6) is 5.75 Å². The van der Waals surface area contributed by atoms with Crippen LogP contribution in [0.1, 0.15) is 76.3 Å². The Morgan fingerprint density at radius 3 is 2.35 bits per heavy atom. The van der Waals surface area contributed by atoms with E-state index in [1.807, 2.05) is 31.7 Å². The first-order chi connectivity index (χ1) is 30.3. The SMILES string of the molecule is COC[C@H]1CC(c2ncc(-c3ccc4c(c3)COc3cc5c(ccc6[nH]c([C@@H]7CC[C@H](C)N7C(=O)C(NC(=O)OC)C(C)C)nc65)cc3-4)[nH]2)N(C(=O)[C@@H](NC(=O)OC)[C@@H](C)OC)C1. The fourth-order valence-electron chi connectivity index (χ4n) is 9.43. The van der Waals surface area contributed by atoms with Crippen LogP contribution in [-0.2, 0) is 35.1 Å². The molecular formula is C46H56N8O9. The third kappa shape index (κ3) is 8.26. The quantitative estimate of drug-likeness (QED) is 0.108. The minimum absolute atomic E-state index is 0.0341. The zero-order chi connectivity index (χ0) is 44.7. The van der Waals surface area contributed by atoms with Gasteiger partial charge in [0.2, 0.25) is 11.8 Å². The number of H-pyrrole nitrogens is 2. The molecule has 0 bridgehead atoms. The summed E-state index contributed by atoms with van der Waals surface area (Å²) in [5, 5.41) is 7.32. The van der Waals surface area contributed by atoms with Crippen molar-refractivity contribution in [1.29, 1.82) is 0 Å². The molecule has 2 saturated heterocycles. The number of benzene rings is 3. The second kappa shape index (κ2) is 17.9. The van der Waals surface area contributed by atoms with Gasteiger partial charge in [-0.05, 0) is 85.4 Å². The molecule has 0 radical (unpaired) electrons. The molecule has 17 nitrogen and oxygen atoms in total. The van der Waals surface area contributed by atoms with E-state index in [2.05, 4.69) is 57.0 Å². The van der Waals surface area contributed by atoms with Gasteiger partial charge in [-0.15, -0.1) is 0 Å². The zero-order valence-corrected chi connectivity index (χ0v) is 36.9. The van der Waals surface area contributed by atoms with E-state index in [1.165, 1.54) is 21.3 Å². The molecule has 334 valence electrons. The van der Waals surface area contributed by atoms with E-state index in [-0.39, 0.29) is 41.8 Å². The van der Waals surface area contributed by atoms with Crippen LogP contribution in [0, 0.1) is 11.8 Å². The van der Waals surface area contributed by atoms with Gasteiger partial charge >= 0.3 is 12.2 Å². The number of nitrogens with zero attached hydrogens (tertiary/aromatic N) is 4. The predicted molar refractivity (Wildman–Crippen MR) is 234 cm³/mol. The lowest BCUT2D eigenvalue weighted by Crippen LogP contribution is -2.54. The van der Waals surface area contributed by atoms with Crippen LogP contribution < -0.4 is 15.4 Å². The van der Waals surface area contributed by atoms with E-state index < -0.39 is 30.4 Å². The van der Waals surface area contributed by atoms with Gasteiger partial charge < -0.3 is 54.1 Å². The molecule has 7 atom stereocenters. The largest absolute Gasteiger partial charge is 0.488 e. The van der Waals surface area contributed by atoms with Crippen LogP contribution in [0.25, 0.3) is 44.2 Å². The van der Waals surface area contributed by atoms with E-state index in [0.717, 1.165) is 68.3 Å². The zero-order valence-electron chi connectivity index (χ0n) is 36.9. The lowest BCUT2D eigenvalue weighted by molar-refractivity contribution is -0.138. The minimum Gasteiger partial charge on any atom is -0.488 e. The number of likely N-dealkylation sites (tertiary alicyclic amines) is 2. The summed E-state index contributed by atoms with van der Waals surface area (Å²) in [5.41, 5.74) is 6.42. The number of carbonyl (C=O) groups excluding carboxylic acids is 4. The van der Waals surface area contributed by atoms with E-state index in [1.54, 1.807) is 25.1 Å². The van der Waals surface area contributed by atoms with Crippen LogP contribution in [0.4, 0.5) is 9.59 Å². The molecule has 2 aromatic heterocycles. The molecule has 3 aliphatic heterocycles. The van der Waals surface area contributed by atoms with Gasteiger partial charge in [-0.2, -0.15) is 0 Å². The number of methoxy groups -OCH3 is 4. The molecule has 3 aliphatic rings. The standard InChI is InChI=1S/C46H56N8O9/c1-23(2)38(51-45(57)61-7)44(56)54-24(3)9-14-35(54)42-48-33-13-11-27-17-32-30-12-10-28(16-29(30)22-63-37(32)18-31(27)40(33)50-42)34-19-47-41(49-34)36-15-26(21-59-5)20-53(36)43(55)39(25(4)60-6)52-46(58)62-8/h10-13,16-19,23-26,35-36,38-39H,9,14-15,20-22H2,1-8H3,(H,47,49)(H,48,50)(H,51,57)(H,52,58)/t24-,25+,26-,35-,36?,38?,39-/m0/s1. The second-order valence-corrected chi connectivity index (χ2v) is 17.2. The maximum absolute atomic E-state index is 14.0. The molecule has 0 saturated carbocycles. The normalized spacial score (nSPS) is 20.8. The molecular weight excluding hydrogens is 809 g/mol. The van der Waals surface area contributed by atoms with Gasteiger partial charge in [-0.25, -0.2) is 19.6 Å². The summed E-state index contributed by atoms with van der Waals surface area (Å²) < 4.78 is 27.0. The number of nitrogens with one attached hydrogen (secondary N) is 4. The van der Waals surface area contributed by atoms with Crippen molar-refractivity contribution in [2.24, 2.45) is 11.8 Å². The Hall–Kier alpha value is -6.20. The summed E-state index contributed by atoms with van der Waals surface area (Å²) >= 11 is 0. The fraction of sp³-hybridized carbons (Fsp3) is 0.478. The highest BCUT2D eigenvalue weighted by molar-refractivity contribution is 6.07. The molecule has 17 heteroatoms. The van der Waals surface area contributed by atoms with E-state index in [4.69, 9.17) is 33.7 Å². The number of aromatic amines is 2. The van der Waals surface area contributed by atoms with Crippen LogP contribution in [0.15, 0.2) is 48.7 Å². The van der Waals surface area contributed by atoms with Gasteiger partial charge in [0.1, 0.15) is 36.1 Å². The van der Waals surface area contributed by atoms with Crippen molar-refractivity contribution in [2.75, 3.05) is 41.6 Å². The summed E-state index contributed by atoms with van der Waals surface area (Å²) in [6.07, 6.45) is 1.99. The monoisotopic (exact) mass is 864 g/mol. The number of ether oxygens (including phenoxy) is 5. The highest BCUT2D eigenvalue weighted by Crippen LogP contribution is 2.44. The number of rotatable bonds is 12. The molecule has 4 N–H and O–H groups in total. The molecule has 0 spiro atoms. The number of aromatic nitrogens is 4. The number of hydrogen-bond acceptors (Lipinski definition) is 11. The number of hydrogen-bond donors (Lipinski definition) is 4. The third-order valence-corrected chi connectivity index (χ3v) is 12.9. The second-order valence-electron chi connectivity index (χ2n) is 17.2. The molecule has 2 unspecified atom stereocenters. The van der Waals surface area contributed by atoms with Gasteiger partial charge in [-0.3, -0.25) is 9.59 Å². The van der Waals surface area contributed by atoms with Gasteiger partial charge in [0.25, 0.3) is 0 Å². The smallest absolute Gasteiger partial charge is 0.407 e. The Morgan fingerprint density at radius 1 is 0.873 bits per heavy atom. The highest BCUT2D eigenvalue weighted by atomic mass is 16.5. The first kappa shape index (κ1) is 43.4. The van der Waals surface area contributed by atoms with Crippen molar-refractivity contribution in [3.63, 3.8) is 0 Å². The van der Waals surface area contributed by atoms with Crippen molar-refractivity contribution in [1.82, 2.24) is 40.4 Å². The lowest BCUT2D eigenvalue weighted by atomic mass is 9.92. The van der Waals surface area contributed by atoms with Gasteiger partial charge in [-0.1, -0.05) is 32.0 Å². The fourth-order valence-corrected chi connectivity index (χ4v) is 9.43. The Labute approximate surface area is 365 Å². The van der Waals surface area contributed by atoms with Gasteiger partial charge in [0.15, 0.2) is 0 Å². The van der Waals surface area contributed by atoms with Gasteiger partial charge in [0, 0.05) is 43.7 Å². The molecule has 5 heterocycles.